The third-order valence-corrected chi connectivity index (χ3v) is 2.10. The molecular formula is C11H8N4O2. The van der Waals surface area contributed by atoms with Crippen molar-refractivity contribution in [1.82, 2.24) is 9.97 Å². The summed E-state index contributed by atoms with van der Waals surface area (Å²) < 4.78 is 1.68. The van der Waals surface area contributed by atoms with Crippen molar-refractivity contribution in [1.29, 1.82) is 5.26 Å². The number of nitriles is 1. The molecule has 2 heterocycles. The predicted octanol–water partition coefficient (Wildman–Crippen LogP) is -0.949. The van der Waals surface area contributed by atoms with Crippen LogP contribution in [0.5, 0.6) is 6.01 Å². The highest BCUT2D eigenvalue weighted by molar-refractivity contribution is 5.22. The van der Waals surface area contributed by atoms with Gasteiger partial charge < -0.3 is 10.1 Å². The second kappa shape index (κ2) is 4.45. The maximum atomic E-state index is 11.1. The molecule has 0 radical (unpaired) electrons. The topological polar surface area (TPSA) is 96.5 Å². The van der Waals surface area contributed by atoms with E-state index in [0.29, 0.717) is 11.3 Å². The molecular weight excluding hydrogens is 220 g/mol. The van der Waals surface area contributed by atoms with Gasteiger partial charge in [0.25, 0.3) is 5.56 Å². The van der Waals surface area contributed by atoms with Crippen LogP contribution in [0.4, 0.5) is 0 Å². The molecule has 1 N–H and O–H groups in total. The first-order chi connectivity index (χ1) is 8.17. The van der Waals surface area contributed by atoms with Gasteiger partial charge in [-0.3, -0.25) is 4.79 Å². The Hall–Kier alpha value is -2.68. The lowest BCUT2D eigenvalue weighted by Crippen LogP contribution is -2.34. The Balaban J connectivity index is 2.31. The number of nitrogens with zero attached hydrogens (tertiary/aromatic N) is 3. The lowest BCUT2D eigenvalue weighted by Gasteiger charge is -2.04. The highest BCUT2D eigenvalue weighted by Gasteiger charge is 2.05. The van der Waals surface area contributed by atoms with Crippen molar-refractivity contribution in [2.75, 3.05) is 0 Å². The van der Waals surface area contributed by atoms with Gasteiger partial charge in [0, 0.05) is 12.1 Å². The lowest BCUT2D eigenvalue weighted by molar-refractivity contribution is -0.689. The molecule has 0 saturated carbocycles. The number of H-pyrrole nitrogens is 1. The second-order valence-electron chi connectivity index (χ2n) is 3.42. The summed E-state index contributed by atoms with van der Waals surface area (Å²) in [5, 5.41) is 19.7. The van der Waals surface area contributed by atoms with Gasteiger partial charge in [0.2, 0.25) is 0 Å². The molecule has 0 saturated heterocycles. The van der Waals surface area contributed by atoms with Crippen LogP contribution in [-0.2, 0) is 6.54 Å². The summed E-state index contributed by atoms with van der Waals surface area (Å²) in [5.74, 6) is 0. The van der Waals surface area contributed by atoms with E-state index in [1.807, 2.05) is 11.1 Å². The molecule has 0 aliphatic rings. The lowest BCUT2D eigenvalue weighted by atomic mass is 10.3. The number of hydrogen-bond acceptors (Lipinski definition) is 4. The van der Waals surface area contributed by atoms with E-state index in [9.17, 15) is 9.90 Å². The van der Waals surface area contributed by atoms with Crippen molar-refractivity contribution >= 4 is 0 Å². The summed E-state index contributed by atoms with van der Waals surface area (Å²) >= 11 is 0. The highest BCUT2D eigenvalue weighted by Crippen LogP contribution is 1.95. The van der Waals surface area contributed by atoms with E-state index in [2.05, 4.69) is 4.98 Å². The number of aromatic nitrogens is 3. The summed E-state index contributed by atoms with van der Waals surface area (Å²) in [5.41, 5.74) is 0.385. The van der Waals surface area contributed by atoms with Gasteiger partial charge in [-0.15, -0.1) is 0 Å². The van der Waals surface area contributed by atoms with Crippen LogP contribution in [0.1, 0.15) is 11.3 Å². The van der Waals surface area contributed by atoms with Crippen molar-refractivity contribution < 1.29 is 9.67 Å². The molecule has 0 aliphatic heterocycles. The van der Waals surface area contributed by atoms with Crippen LogP contribution in [0.25, 0.3) is 0 Å². The molecule has 2 aromatic rings. The molecule has 0 aliphatic carbocycles. The zero-order chi connectivity index (χ0) is 12.3. The standard InChI is InChI=1S/C11H8N4O2/c12-5-8-2-1-3-15(6-8)7-9-4-10(16)14-11(17)13-9/h1-4,6H,7H2,(H-,13,14,16,17). The van der Waals surface area contributed by atoms with Crippen LogP contribution in [-0.4, -0.2) is 9.97 Å². The fraction of sp³-hybridized carbons (Fsp3) is 0.0909. The van der Waals surface area contributed by atoms with Crippen LogP contribution in [0.3, 0.4) is 0 Å². The molecule has 84 valence electrons. The van der Waals surface area contributed by atoms with E-state index < -0.39 is 11.6 Å². The summed E-state index contributed by atoms with van der Waals surface area (Å²) in [7, 11) is 0. The van der Waals surface area contributed by atoms with Gasteiger partial charge in [0.05, 0.1) is 6.01 Å². The molecule has 6 nitrogen and oxygen atoms in total. The summed E-state index contributed by atoms with van der Waals surface area (Å²) in [6.07, 6.45) is 3.35. The van der Waals surface area contributed by atoms with Crippen LogP contribution < -0.4 is 15.2 Å². The van der Waals surface area contributed by atoms with Crippen molar-refractivity contribution in [3.05, 3.63) is 52.2 Å². The Kier molecular flexibility index (Phi) is 2.83. The molecule has 0 atom stereocenters. The Morgan fingerprint density at radius 2 is 2.41 bits per heavy atom. The van der Waals surface area contributed by atoms with Crippen molar-refractivity contribution in [3.63, 3.8) is 0 Å². The number of aromatic amines is 1. The van der Waals surface area contributed by atoms with Crippen molar-refractivity contribution in [2.24, 2.45) is 0 Å². The third kappa shape index (κ3) is 2.66. The average Bonchev–Trinajstić information content (AvgIpc) is 2.28. The summed E-state index contributed by atoms with van der Waals surface area (Å²) in [6.45, 7) is 0.272. The number of nitrogens with one attached hydrogen (secondary N) is 1. The van der Waals surface area contributed by atoms with E-state index in [1.165, 1.54) is 6.07 Å². The van der Waals surface area contributed by atoms with E-state index in [1.54, 1.807) is 29.1 Å². The van der Waals surface area contributed by atoms with Gasteiger partial charge >= 0.3 is 0 Å². The number of rotatable bonds is 2. The SMILES string of the molecule is N#Cc1ccc[n+](Cc2cc(=O)[nH]c([O-])n2)c1. The first-order valence-electron chi connectivity index (χ1n) is 4.84. The van der Waals surface area contributed by atoms with Gasteiger partial charge in [-0.25, -0.2) is 4.98 Å². The molecule has 2 rings (SSSR count). The first-order valence-corrected chi connectivity index (χ1v) is 4.84. The van der Waals surface area contributed by atoms with Crippen molar-refractivity contribution in [2.45, 2.75) is 6.54 Å². The van der Waals surface area contributed by atoms with Crippen LogP contribution in [0.15, 0.2) is 35.4 Å². The highest BCUT2D eigenvalue weighted by atomic mass is 16.3. The minimum atomic E-state index is -0.662. The molecule has 0 fully saturated rings. The number of hydrogen-bond donors (Lipinski definition) is 1. The Labute approximate surface area is 96.4 Å². The zero-order valence-electron chi connectivity index (χ0n) is 8.75. The van der Waals surface area contributed by atoms with E-state index >= 15 is 0 Å². The Morgan fingerprint density at radius 3 is 3.12 bits per heavy atom. The Morgan fingerprint density at radius 1 is 1.59 bits per heavy atom. The zero-order valence-corrected chi connectivity index (χ0v) is 8.75. The molecule has 0 amide bonds. The molecule has 0 unspecified atom stereocenters. The fourth-order valence-electron chi connectivity index (χ4n) is 1.44. The largest absolute Gasteiger partial charge is 0.846 e. The van der Waals surface area contributed by atoms with E-state index in [0.717, 1.165) is 0 Å². The third-order valence-electron chi connectivity index (χ3n) is 2.10. The monoisotopic (exact) mass is 228 g/mol. The van der Waals surface area contributed by atoms with E-state index in [-0.39, 0.29) is 6.54 Å². The van der Waals surface area contributed by atoms with Gasteiger partial charge in [-0.05, 0) is 6.07 Å². The smallest absolute Gasteiger partial charge is 0.250 e. The molecule has 0 bridgehead atoms. The fourth-order valence-corrected chi connectivity index (χ4v) is 1.44. The van der Waals surface area contributed by atoms with Gasteiger partial charge in [-0.1, -0.05) is 0 Å². The molecule has 6 heteroatoms. The molecule has 0 spiro atoms. The minimum Gasteiger partial charge on any atom is -0.846 e. The van der Waals surface area contributed by atoms with Crippen LogP contribution >= 0.6 is 0 Å². The predicted molar refractivity (Wildman–Crippen MR) is 54.8 cm³/mol. The second-order valence-corrected chi connectivity index (χ2v) is 3.42. The van der Waals surface area contributed by atoms with Gasteiger partial charge in [0.15, 0.2) is 18.9 Å². The normalized spacial score (nSPS) is 9.82. The molecule has 2 aromatic heterocycles. The maximum Gasteiger partial charge on any atom is 0.250 e. The summed E-state index contributed by atoms with van der Waals surface area (Å²) in [6, 6.07) is 5.98. The minimum absolute atomic E-state index is 0.272. The van der Waals surface area contributed by atoms with E-state index in [4.69, 9.17) is 5.26 Å². The van der Waals surface area contributed by atoms with Crippen LogP contribution in [0.2, 0.25) is 0 Å². The Bertz CT molecular complexity index is 642. The first kappa shape index (κ1) is 10.8. The average molecular weight is 228 g/mol. The molecule has 0 aromatic carbocycles. The summed E-state index contributed by atoms with van der Waals surface area (Å²) in [4.78, 5) is 16.8. The quantitative estimate of drug-likeness (QED) is 0.670. The van der Waals surface area contributed by atoms with Crippen molar-refractivity contribution in [3.8, 4) is 12.1 Å². The number of pyridine rings is 1. The van der Waals surface area contributed by atoms with Gasteiger partial charge in [-0.2, -0.15) is 9.83 Å². The van der Waals surface area contributed by atoms with Gasteiger partial charge in [0.1, 0.15) is 17.3 Å². The molecule has 17 heavy (non-hydrogen) atoms. The van der Waals surface area contributed by atoms with Crippen LogP contribution in [0, 0.1) is 11.3 Å². The maximum absolute atomic E-state index is 11.1.